The summed E-state index contributed by atoms with van der Waals surface area (Å²) in [4.78, 5) is -0.646. The lowest BCUT2D eigenvalue weighted by Gasteiger charge is -2.13. The molecule has 0 saturated heterocycles. The molecule has 3 nitrogen and oxygen atoms in total. The minimum absolute atomic E-state index is 0.153. The van der Waals surface area contributed by atoms with Crippen LogP contribution in [0.5, 0.6) is 0 Å². The van der Waals surface area contributed by atoms with Crippen LogP contribution in [0, 0.1) is 0 Å². The summed E-state index contributed by atoms with van der Waals surface area (Å²) in [6.07, 6.45) is -4.73. The van der Waals surface area contributed by atoms with Gasteiger partial charge in [0.1, 0.15) is 0 Å². The molecule has 0 radical (unpaired) electrons. The van der Waals surface area contributed by atoms with E-state index in [4.69, 9.17) is 28.9 Å². The topological polar surface area (TPSA) is 60.2 Å². The van der Waals surface area contributed by atoms with Gasteiger partial charge < -0.3 is 5.73 Å². The predicted molar refractivity (Wildman–Crippen MR) is 77.8 cm³/mol. The Labute approximate surface area is 134 Å². The third-order valence-electron chi connectivity index (χ3n) is 2.82. The molecule has 0 aromatic heterocycles. The van der Waals surface area contributed by atoms with Crippen LogP contribution < -0.4 is 5.73 Å². The van der Waals surface area contributed by atoms with Crippen molar-refractivity contribution in [3.63, 3.8) is 0 Å². The van der Waals surface area contributed by atoms with Crippen molar-refractivity contribution in [2.45, 2.75) is 16.0 Å². The Balaban J connectivity index is 2.62. The molecule has 0 aliphatic carbocycles. The van der Waals surface area contributed by atoms with E-state index in [1.54, 1.807) is 0 Å². The number of alkyl halides is 3. The lowest BCUT2D eigenvalue weighted by molar-refractivity contribution is -0.137. The molecule has 0 unspecified atom stereocenters. The number of rotatable bonds is 2. The van der Waals surface area contributed by atoms with E-state index in [9.17, 15) is 21.6 Å². The number of halogens is 5. The number of hydrogen-bond acceptors (Lipinski definition) is 3. The fourth-order valence-electron chi connectivity index (χ4n) is 1.76. The van der Waals surface area contributed by atoms with Crippen LogP contribution in [0.2, 0.25) is 10.0 Å². The molecule has 0 heterocycles. The van der Waals surface area contributed by atoms with E-state index >= 15 is 0 Å². The molecule has 0 bridgehead atoms. The van der Waals surface area contributed by atoms with E-state index in [2.05, 4.69) is 0 Å². The first-order valence-electron chi connectivity index (χ1n) is 5.70. The molecule has 0 atom stereocenters. The van der Waals surface area contributed by atoms with Crippen LogP contribution in [0.3, 0.4) is 0 Å². The summed E-state index contributed by atoms with van der Waals surface area (Å²) in [5.41, 5.74) is 3.75. The van der Waals surface area contributed by atoms with Crippen molar-refractivity contribution in [3.05, 3.63) is 52.0 Å². The molecule has 0 aliphatic heterocycles. The molecule has 0 amide bonds. The van der Waals surface area contributed by atoms with Crippen molar-refractivity contribution in [1.29, 1.82) is 0 Å². The summed E-state index contributed by atoms with van der Waals surface area (Å²) in [6, 6.07) is 6.34. The highest BCUT2D eigenvalue weighted by Gasteiger charge is 2.35. The molecular formula is C13H8Cl2F3NO2S. The van der Waals surface area contributed by atoms with Crippen LogP contribution in [-0.4, -0.2) is 8.42 Å². The second-order valence-electron chi connectivity index (χ2n) is 4.32. The smallest absolute Gasteiger partial charge is 0.398 e. The fraction of sp³-hybridized carbons (Fsp3) is 0.0769. The van der Waals surface area contributed by atoms with Gasteiger partial charge in [0.25, 0.3) is 0 Å². The van der Waals surface area contributed by atoms with Crippen molar-refractivity contribution < 1.29 is 21.6 Å². The van der Waals surface area contributed by atoms with E-state index in [0.717, 1.165) is 0 Å². The van der Waals surface area contributed by atoms with Crippen LogP contribution in [0.1, 0.15) is 5.56 Å². The maximum absolute atomic E-state index is 12.7. The molecule has 0 aliphatic rings. The minimum atomic E-state index is -4.73. The normalized spacial score (nSPS) is 12.4. The van der Waals surface area contributed by atoms with Crippen LogP contribution in [-0.2, 0) is 16.0 Å². The zero-order valence-corrected chi connectivity index (χ0v) is 13.0. The number of nitrogen functional groups attached to an aromatic ring is 1. The lowest BCUT2D eigenvalue weighted by Crippen LogP contribution is -2.11. The molecule has 2 N–H and O–H groups in total. The second kappa shape index (κ2) is 5.64. The van der Waals surface area contributed by atoms with Crippen molar-refractivity contribution in [2.75, 3.05) is 5.73 Å². The van der Waals surface area contributed by atoms with E-state index < -0.39 is 37.2 Å². The van der Waals surface area contributed by atoms with Gasteiger partial charge in [0, 0.05) is 5.02 Å². The van der Waals surface area contributed by atoms with E-state index in [1.165, 1.54) is 24.3 Å². The highest BCUT2D eigenvalue weighted by Crippen LogP contribution is 2.39. The van der Waals surface area contributed by atoms with Gasteiger partial charge in [-0.05, 0) is 36.4 Å². The number of benzene rings is 2. The largest absolute Gasteiger partial charge is 0.417 e. The zero-order valence-electron chi connectivity index (χ0n) is 10.7. The first-order chi connectivity index (χ1) is 10.0. The quantitative estimate of drug-likeness (QED) is 0.796. The molecule has 118 valence electrons. The highest BCUT2D eigenvalue weighted by atomic mass is 35.5. The van der Waals surface area contributed by atoms with E-state index in [-0.39, 0.29) is 4.90 Å². The summed E-state index contributed by atoms with van der Waals surface area (Å²) in [7, 11) is -4.11. The zero-order chi connectivity index (χ0) is 16.7. The second-order valence-corrected chi connectivity index (χ2v) is 7.09. The Bertz CT molecular complexity index is 818. The van der Waals surface area contributed by atoms with Gasteiger partial charge in [0.15, 0.2) is 0 Å². The van der Waals surface area contributed by atoms with Crippen LogP contribution in [0.15, 0.2) is 46.2 Å². The molecule has 0 spiro atoms. The minimum Gasteiger partial charge on any atom is -0.398 e. The Morgan fingerprint density at radius 2 is 1.55 bits per heavy atom. The summed E-state index contributed by atoms with van der Waals surface area (Å²) in [5, 5.41) is -0.424. The SMILES string of the molecule is Nc1cc(C(F)(F)F)c(Cl)cc1S(=O)(=O)c1ccc(Cl)cc1. The average molecular weight is 370 g/mol. The van der Waals surface area contributed by atoms with Gasteiger partial charge in [-0.3, -0.25) is 0 Å². The Morgan fingerprint density at radius 3 is 2.05 bits per heavy atom. The molecule has 9 heteroatoms. The molecule has 2 aromatic carbocycles. The van der Waals surface area contributed by atoms with Crippen LogP contribution in [0.4, 0.5) is 18.9 Å². The molecule has 0 fully saturated rings. The molecule has 2 aromatic rings. The first kappa shape index (κ1) is 16.9. The first-order valence-corrected chi connectivity index (χ1v) is 7.94. The number of nitrogens with two attached hydrogens (primary N) is 1. The van der Waals surface area contributed by atoms with Gasteiger partial charge in [0.05, 0.1) is 26.1 Å². The summed E-state index contributed by atoms with van der Waals surface area (Å²) < 4.78 is 63.0. The van der Waals surface area contributed by atoms with Gasteiger partial charge in [-0.15, -0.1) is 0 Å². The number of hydrogen-bond donors (Lipinski definition) is 1. The van der Waals surface area contributed by atoms with Gasteiger partial charge in [-0.1, -0.05) is 23.2 Å². The summed E-state index contributed by atoms with van der Waals surface area (Å²) in [6.45, 7) is 0. The molecule has 2 rings (SSSR count). The van der Waals surface area contributed by atoms with Gasteiger partial charge >= 0.3 is 6.18 Å². The monoisotopic (exact) mass is 369 g/mol. The molecular weight excluding hydrogens is 362 g/mol. The standard InChI is InChI=1S/C13H8Cl2F3NO2S/c14-7-1-3-8(4-2-7)22(20,21)12-6-10(15)9(5-11(12)19)13(16,17)18/h1-6H,19H2. The van der Waals surface area contributed by atoms with E-state index in [0.29, 0.717) is 17.2 Å². The van der Waals surface area contributed by atoms with Crippen LogP contribution in [0.25, 0.3) is 0 Å². The highest BCUT2D eigenvalue weighted by molar-refractivity contribution is 7.91. The van der Waals surface area contributed by atoms with Crippen molar-refractivity contribution in [1.82, 2.24) is 0 Å². The molecule has 22 heavy (non-hydrogen) atoms. The Hall–Kier alpha value is -1.44. The summed E-state index contributed by atoms with van der Waals surface area (Å²) in [5.74, 6) is 0. The lowest BCUT2D eigenvalue weighted by atomic mass is 10.2. The molecule has 0 saturated carbocycles. The fourth-order valence-corrected chi connectivity index (χ4v) is 3.61. The number of sulfone groups is 1. The number of anilines is 1. The predicted octanol–water partition coefficient (Wildman–Crippen LogP) is 4.43. The Kier molecular flexibility index (Phi) is 4.34. The van der Waals surface area contributed by atoms with Gasteiger partial charge in [-0.2, -0.15) is 13.2 Å². The Morgan fingerprint density at radius 1 is 1.00 bits per heavy atom. The summed E-state index contributed by atoms with van der Waals surface area (Å²) >= 11 is 11.2. The van der Waals surface area contributed by atoms with Crippen molar-refractivity contribution in [2.24, 2.45) is 0 Å². The third kappa shape index (κ3) is 3.16. The van der Waals surface area contributed by atoms with Crippen molar-refractivity contribution >= 4 is 38.7 Å². The van der Waals surface area contributed by atoms with Gasteiger partial charge in [-0.25, -0.2) is 8.42 Å². The maximum Gasteiger partial charge on any atom is 0.417 e. The van der Waals surface area contributed by atoms with Gasteiger partial charge in [0.2, 0.25) is 9.84 Å². The average Bonchev–Trinajstić information content (AvgIpc) is 2.40. The van der Waals surface area contributed by atoms with Crippen LogP contribution >= 0.6 is 23.2 Å². The van der Waals surface area contributed by atoms with Crippen molar-refractivity contribution in [3.8, 4) is 0 Å². The maximum atomic E-state index is 12.7. The van der Waals surface area contributed by atoms with E-state index in [1.807, 2.05) is 0 Å². The third-order valence-corrected chi connectivity index (χ3v) is 5.21.